The Bertz CT molecular complexity index is 800. The third kappa shape index (κ3) is 4.17. The number of rotatable bonds is 6. The standard InChI is InChI=1S/C17H16N2O5/c1-24-17-7-12(3-5-15(17)22)9-19-18-8-11-2-4-14(21)13(6-11)16(23)10-20/h2-9,20-22H,10H2,1H3/b18-8+,19-9+. The van der Waals surface area contributed by atoms with Crippen LogP contribution in [0.5, 0.6) is 17.2 Å². The summed E-state index contributed by atoms with van der Waals surface area (Å²) in [7, 11) is 1.45. The van der Waals surface area contributed by atoms with Crippen LogP contribution in [0.3, 0.4) is 0 Å². The number of ketones is 1. The average molecular weight is 328 g/mol. The van der Waals surface area contributed by atoms with Gasteiger partial charge in [-0.1, -0.05) is 0 Å². The van der Waals surface area contributed by atoms with Crippen molar-refractivity contribution in [3.05, 3.63) is 53.1 Å². The van der Waals surface area contributed by atoms with Crippen LogP contribution in [0.1, 0.15) is 21.5 Å². The number of phenolic OH excluding ortho intramolecular Hbond substituents is 2. The van der Waals surface area contributed by atoms with Crippen LogP contribution in [-0.2, 0) is 0 Å². The Morgan fingerprint density at radius 2 is 1.62 bits per heavy atom. The molecule has 7 heteroatoms. The van der Waals surface area contributed by atoms with Gasteiger partial charge in [-0.2, -0.15) is 10.2 Å². The maximum Gasteiger partial charge on any atom is 0.191 e. The molecule has 0 heterocycles. The Morgan fingerprint density at radius 1 is 1.04 bits per heavy atom. The summed E-state index contributed by atoms with van der Waals surface area (Å²) in [6, 6.07) is 9.06. The molecule has 3 N–H and O–H groups in total. The van der Waals surface area contributed by atoms with Gasteiger partial charge >= 0.3 is 0 Å². The maximum absolute atomic E-state index is 11.5. The molecule has 2 aromatic rings. The number of carbonyl (C=O) groups is 1. The molecule has 0 fully saturated rings. The SMILES string of the molecule is COc1cc(/C=N/N=C/c2ccc(O)c(C(=O)CO)c2)ccc1O. The van der Waals surface area contributed by atoms with Gasteiger partial charge in [-0.05, 0) is 47.5 Å². The zero-order chi connectivity index (χ0) is 17.5. The first-order valence-electron chi connectivity index (χ1n) is 6.95. The number of carbonyl (C=O) groups excluding carboxylic acids is 1. The van der Waals surface area contributed by atoms with Crippen molar-refractivity contribution in [1.82, 2.24) is 0 Å². The summed E-state index contributed by atoms with van der Waals surface area (Å²) in [5.74, 6) is -0.426. The second-order valence-electron chi connectivity index (χ2n) is 4.78. The van der Waals surface area contributed by atoms with Gasteiger partial charge in [0.15, 0.2) is 17.3 Å². The van der Waals surface area contributed by atoms with E-state index < -0.39 is 12.4 Å². The number of Topliss-reactive ketones (excluding diaryl/α,β-unsaturated/α-hetero) is 1. The Kier molecular flexibility index (Phi) is 5.64. The molecule has 0 atom stereocenters. The minimum Gasteiger partial charge on any atom is -0.507 e. The van der Waals surface area contributed by atoms with Crippen LogP contribution < -0.4 is 4.74 Å². The summed E-state index contributed by atoms with van der Waals surface area (Å²) in [5.41, 5.74) is 1.25. The Hall–Kier alpha value is -3.19. The molecule has 2 aromatic carbocycles. The molecule has 2 rings (SSSR count). The molecule has 0 bridgehead atoms. The molecule has 0 saturated heterocycles. The zero-order valence-corrected chi connectivity index (χ0v) is 12.9. The molecule has 7 nitrogen and oxygen atoms in total. The number of phenols is 2. The van der Waals surface area contributed by atoms with E-state index in [4.69, 9.17) is 9.84 Å². The maximum atomic E-state index is 11.5. The van der Waals surface area contributed by atoms with Crippen molar-refractivity contribution in [3.8, 4) is 17.2 Å². The van der Waals surface area contributed by atoms with Gasteiger partial charge in [0.1, 0.15) is 12.4 Å². The quantitative estimate of drug-likeness (QED) is 0.425. The number of nitrogens with zero attached hydrogens (tertiary/aromatic N) is 2. The first-order valence-corrected chi connectivity index (χ1v) is 6.95. The zero-order valence-electron chi connectivity index (χ0n) is 12.9. The fourth-order valence-electron chi connectivity index (χ4n) is 1.92. The molecule has 0 radical (unpaired) electrons. The number of ether oxygens (including phenoxy) is 1. The van der Waals surface area contributed by atoms with Crippen molar-refractivity contribution in [1.29, 1.82) is 0 Å². The van der Waals surface area contributed by atoms with E-state index in [-0.39, 0.29) is 17.1 Å². The second kappa shape index (κ2) is 7.89. The molecule has 0 aromatic heterocycles. The lowest BCUT2D eigenvalue weighted by molar-refractivity contribution is 0.0901. The average Bonchev–Trinajstić information content (AvgIpc) is 2.60. The molecule has 24 heavy (non-hydrogen) atoms. The van der Waals surface area contributed by atoms with Crippen molar-refractivity contribution >= 4 is 18.2 Å². The van der Waals surface area contributed by atoms with E-state index in [0.29, 0.717) is 16.9 Å². The van der Waals surface area contributed by atoms with Gasteiger partial charge in [0.05, 0.1) is 25.1 Å². The van der Waals surface area contributed by atoms with Crippen LogP contribution in [0.2, 0.25) is 0 Å². The molecule has 0 aliphatic heterocycles. The molecule has 0 aliphatic carbocycles. The molecule has 0 saturated carbocycles. The number of methoxy groups -OCH3 is 1. The first kappa shape index (κ1) is 17.2. The van der Waals surface area contributed by atoms with Gasteiger partial charge in [-0.15, -0.1) is 0 Å². The summed E-state index contributed by atoms with van der Waals surface area (Å²) >= 11 is 0. The highest BCUT2D eigenvalue weighted by atomic mass is 16.5. The number of aliphatic hydroxyl groups is 1. The molecule has 0 amide bonds. The molecular weight excluding hydrogens is 312 g/mol. The summed E-state index contributed by atoms with van der Waals surface area (Å²) in [6.45, 7) is -0.686. The molecular formula is C17H16N2O5. The van der Waals surface area contributed by atoms with Gasteiger partial charge in [-0.3, -0.25) is 4.79 Å². The van der Waals surface area contributed by atoms with Gasteiger partial charge in [0.25, 0.3) is 0 Å². The van der Waals surface area contributed by atoms with Crippen LogP contribution in [-0.4, -0.2) is 47.2 Å². The fourth-order valence-corrected chi connectivity index (χ4v) is 1.92. The van der Waals surface area contributed by atoms with E-state index in [1.54, 1.807) is 18.2 Å². The van der Waals surface area contributed by atoms with Crippen LogP contribution in [0, 0.1) is 0 Å². The lowest BCUT2D eigenvalue weighted by Crippen LogP contribution is -2.05. The molecule has 0 aliphatic rings. The second-order valence-corrected chi connectivity index (χ2v) is 4.78. The Morgan fingerprint density at radius 3 is 2.21 bits per heavy atom. The smallest absolute Gasteiger partial charge is 0.191 e. The molecule has 0 spiro atoms. The highest BCUT2D eigenvalue weighted by Gasteiger charge is 2.10. The third-order valence-corrected chi connectivity index (χ3v) is 3.15. The van der Waals surface area contributed by atoms with Crippen LogP contribution in [0.15, 0.2) is 46.6 Å². The van der Waals surface area contributed by atoms with E-state index >= 15 is 0 Å². The van der Waals surface area contributed by atoms with Crippen molar-refractivity contribution in [2.75, 3.05) is 13.7 Å². The topological polar surface area (TPSA) is 112 Å². The van der Waals surface area contributed by atoms with E-state index in [9.17, 15) is 15.0 Å². The van der Waals surface area contributed by atoms with E-state index in [1.165, 1.54) is 37.7 Å². The minimum atomic E-state index is -0.686. The van der Waals surface area contributed by atoms with Gasteiger partial charge in [0, 0.05) is 0 Å². The van der Waals surface area contributed by atoms with E-state index in [0.717, 1.165) is 0 Å². The number of aliphatic hydroxyl groups excluding tert-OH is 1. The van der Waals surface area contributed by atoms with Crippen molar-refractivity contribution in [3.63, 3.8) is 0 Å². The van der Waals surface area contributed by atoms with Crippen molar-refractivity contribution < 1.29 is 24.9 Å². The number of hydrogen-bond acceptors (Lipinski definition) is 7. The molecule has 0 unspecified atom stereocenters. The minimum absolute atomic E-state index is 0.0219. The largest absolute Gasteiger partial charge is 0.507 e. The first-order chi connectivity index (χ1) is 11.5. The lowest BCUT2D eigenvalue weighted by atomic mass is 10.1. The van der Waals surface area contributed by atoms with Gasteiger partial charge in [0.2, 0.25) is 0 Å². The predicted molar refractivity (Wildman–Crippen MR) is 89.4 cm³/mol. The summed E-state index contributed by atoms with van der Waals surface area (Å²) in [6.07, 6.45) is 2.88. The van der Waals surface area contributed by atoms with Gasteiger partial charge < -0.3 is 20.1 Å². The Labute approximate surface area is 138 Å². The van der Waals surface area contributed by atoms with Crippen LogP contribution in [0.25, 0.3) is 0 Å². The van der Waals surface area contributed by atoms with Gasteiger partial charge in [-0.25, -0.2) is 0 Å². The van der Waals surface area contributed by atoms with E-state index in [1.807, 2.05) is 0 Å². The Balaban J connectivity index is 2.13. The van der Waals surface area contributed by atoms with E-state index in [2.05, 4.69) is 10.2 Å². The number of benzene rings is 2. The summed E-state index contributed by atoms with van der Waals surface area (Å²) in [4.78, 5) is 11.5. The fraction of sp³-hybridized carbons (Fsp3) is 0.118. The lowest BCUT2D eigenvalue weighted by Gasteiger charge is -2.03. The summed E-state index contributed by atoms with van der Waals surface area (Å²) < 4.78 is 4.99. The highest BCUT2D eigenvalue weighted by molar-refractivity contribution is 6.00. The van der Waals surface area contributed by atoms with Crippen LogP contribution in [0.4, 0.5) is 0 Å². The highest BCUT2D eigenvalue weighted by Crippen LogP contribution is 2.25. The monoisotopic (exact) mass is 328 g/mol. The normalized spacial score (nSPS) is 11.2. The predicted octanol–water partition coefficient (Wildman–Crippen LogP) is 1.73. The van der Waals surface area contributed by atoms with Crippen molar-refractivity contribution in [2.45, 2.75) is 0 Å². The summed E-state index contributed by atoms with van der Waals surface area (Å²) in [5, 5.41) is 35.7. The third-order valence-electron chi connectivity index (χ3n) is 3.15. The number of aromatic hydroxyl groups is 2. The number of hydrogen-bond donors (Lipinski definition) is 3. The van der Waals surface area contributed by atoms with Crippen LogP contribution >= 0.6 is 0 Å². The molecule has 124 valence electrons. The van der Waals surface area contributed by atoms with Crippen molar-refractivity contribution in [2.24, 2.45) is 10.2 Å².